The lowest BCUT2D eigenvalue weighted by Gasteiger charge is -2.30. The summed E-state index contributed by atoms with van der Waals surface area (Å²) in [6.07, 6.45) is 8.01. The van der Waals surface area contributed by atoms with Gasteiger partial charge in [-0.15, -0.1) is 0 Å². The van der Waals surface area contributed by atoms with Crippen LogP contribution in [0.15, 0.2) is 53.7 Å². The molecule has 1 aliphatic carbocycles. The molecule has 41 heavy (non-hydrogen) atoms. The maximum atomic E-state index is 12.1. The van der Waals surface area contributed by atoms with E-state index in [1.54, 1.807) is 13.3 Å². The molecule has 1 saturated carbocycles. The van der Waals surface area contributed by atoms with Crippen molar-refractivity contribution in [1.29, 1.82) is 0 Å². The van der Waals surface area contributed by atoms with Crippen LogP contribution in [-0.4, -0.2) is 69.3 Å². The van der Waals surface area contributed by atoms with Gasteiger partial charge in [0.2, 0.25) is 5.95 Å². The number of aromatic nitrogens is 2. The van der Waals surface area contributed by atoms with E-state index in [9.17, 15) is 4.79 Å². The topological polar surface area (TPSA) is 107 Å². The Hall–Kier alpha value is -4.18. The van der Waals surface area contributed by atoms with Crippen LogP contribution in [0.1, 0.15) is 32.1 Å². The van der Waals surface area contributed by atoms with Crippen LogP contribution in [0.3, 0.4) is 0 Å². The lowest BCUT2D eigenvalue weighted by molar-refractivity contribution is -0.103. The molecule has 0 spiro atoms. The number of ether oxygens (including phenoxy) is 1. The highest BCUT2D eigenvalue weighted by atomic mass is 16.5. The number of carbonyl (C=O) groups excluding carboxylic acids is 1. The third kappa shape index (κ3) is 6.77. The highest BCUT2D eigenvalue weighted by Gasteiger charge is 2.22. The van der Waals surface area contributed by atoms with E-state index < -0.39 is 0 Å². The first-order valence-corrected chi connectivity index (χ1v) is 14.4. The van der Waals surface area contributed by atoms with Gasteiger partial charge in [-0.2, -0.15) is 4.98 Å². The molecule has 0 amide bonds. The van der Waals surface area contributed by atoms with E-state index in [0.29, 0.717) is 28.9 Å². The van der Waals surface area contributed by atoms with E-state index in [-0.39, 0.29) is 5.92 Å². The van der Waals surface area contributed by atoms with Crippen LogP contribution in [0.25, 0.3) is 0 Å². The third-order valence-electron chi connectivity index (χ3n) is 7.90. The monoisotopic (exact) mass is 556 g/mol. The minimum Gasteiger partial charge on any atom is -0.494 e. The Balaban J connectivity index is 1.49. The molecule has 5 rings (SSSR count). The van der Waals surface area contributed by atoms with E-state index in [2.05, 4.69) is 31.9 Å². The third-order valence-corrected chi connectivity index (χ3v) is 7.90. The number of nitrogens with one attached hydrogen (secondary N) is 3. The summed E-state index contributed by atoms with van der Waals surface area (Å²) < 4.78 is 5.74. The summed E-state index contributed by atoms with van der Waals surface area (Å²) in [5.41, 5.74) is 4.93. The first-order chi connectivity index (χ1) is 20.1. The molecule has 1 saturated heterocycles. The van der Waals surface area contributed by atoms with Gasteiger partial charge in [-0.05, 0) is 43.2 Å². The number of benzene rings is 2. The molecule has 3 aromatic rings. The van der Waals surface area contributed by atoms with E-state index in [0.717, 1.165) is 80.9 Å². The molecule has 3 N–H and O–H groups in total. The lowest BCUT2D eigenvalue weighted by Crippen LogP contribution is -2.43. The van der Waals surface area contributed by atoms with E-state index in [4.69, 9.17) is 14.7 Å². The Bertz CT molecular complexity index is 1370. The van der Waals surface area contributed by atoms with Crippen molar-refractivity contribution < 1.29 is 9.53 Å². The number of carbonyl (C=O) groups is 1. The number of methoxy groups -OCH3 is 1. The van der Waals surface area contributed by atoms with Crippen LogP contribution in [0.2, 0.25) is 0 Å². The van der Waals surface area contributed by atoms with Gasteiger partial charge >= 0.3 is 0 Å². The van der Waals surface area contributed by atoms with Gasteiger partial charge in [0, 0.05) is 69.3 Å². The van der Waals surface area contributed by atoms with Gasteiger partial charge < -0.3 is 30.5 Å². The number of hydrogen-bond acceptors (Lipinski definition) is 10. The average Bonchev–Trinajstić information content (AvgIpc) is 3.04. The molecule has 0 bridgehead atoms. The number of aldehydes is 1. The van der Waals surface area contributed by atoms with Crippen molar-refractivity contribution in [1.82, 2.24) is 15.3 Å². The molecule has 0 radical (unpaired) electrons. The molecule has 10 heteroatoms. The number of rotatable bonds is 10. The molecule has 2 aliphatic rings. The van der Waals surface area contributed by atoms with Crippen molar-refractivity contribution in [3.8, 4) is 5.75 Å². The summed E-state index contributed by atoms with van der Waals surface area (Å²) >= 11 is 0. The Morgan fingerprint density at radius 3 is 2.68 bits per heavy atom. The zero-order valence-corrected chi connectivity index (χ0v) is 24.2. The van der Waals surface area contributed by atoms with Crippen LogP contribution in [0.4, 0.5) is 40.2 Å². The highest BCUT2D eigenvalue weighted by Crippen LogP contribution is 2.36. The van der Waals surface area contributed by atoms with Gasteiger partial charge in [0.05, 0.1) is 24.7 Å². The summed E-state index contributed by atoms with van der Waals surface area (Å²) in [5, 5.41) is 9.93. The largest absolute Gasteiger partial charge is 0.494 e. The molecule has 0 atom stereocenters. The van der Waals surface area contributed by atoms with Gasteiger partial charge in [-0.25, -0.2) is 9.98 Å². The predicted molar refractivity (Wildman–Crippen MR) is 167 cm³/mol. The normalized spacial score (nSPS) is 16.3. The predicted octanol–water partition coefficient (Wildman–Crippen LogP) is 5.30. The van der Waals surface area contributed by atoms with Crippen LogP contribution >= 0.6 is 0 Å². The fourth-order valence-electron chi connectivity index (χ4n) is 5.52. The Labute approximate surface area is 242 Å². The number of nitrogens with zero attached hydrogens (tertiary/aromatic N) is 5. The van der Waals surface area contributed by atoms with Crippen LogP contribution in [0.5, 0.6) is 5.75 Å². The molecule has 2 heterocycles. The smallest absolute Gasteiger partial charge is 0.229 e. The van der Waals surface area contributed by atoms with Gasteiger partial charge in [-0.1, -0.05) is 25.3 Å². The zero-order valence-electron chi connectivity index (χ0n) is 24.2. The fraction of sp³-hybridized carbons (Fsp3) is 0.419. The lowest BCUT2D eigenvalue weighted by atomic mass is 9.86. The van der Waals surface area contributed by atoms with Crippen LogP contribution < -0.4 is 30.5 Å². The molecule has 1 aromatic heterocycles. The Morgan fingerprint density at radius 2 is 1.95 bits per heavy atom. The van der Waals surface area contributed by atoms with Crippen molar-refractivity contribution in [2.75, 3.05) is 67.8 Å². The van der Waals surface area contributed by atoms with Crippen molar-refractivity contribution in [2.45, 2.75) is 32.1 Å². The number of aliphatic imine (C=N–C) groups is 1. The number of piperazine rings is 1. The summed E-state index contributed by atoms with van der Waals surface area (Å²) in [6.45, 7) is 3.83. The average molecular weight is 557 g/mol. The van der Waals surface area contributed by atoms with Gasteiger partial charge in [0.1, 0.15) is 11.4 Å². The van der Waals surface area contributed by atoms with Gasteiger partial charge in [0.25, 0.3) is 0 Å². The quantitative estimate of drug-likeness (QED) is 0.227. The summed E-state index contributed by atoms with van der Waals surface area (Å²) in [4.78, 5) is 30.8. The summed E-state index contributed by atoms with van der Waals surface area (Å²) in [7, 11) is 5.51. The first kappa shape index (κ1) is 28.4. The SMILES string of the molecule is CNc1cccc(N(C)c2nc(Nc3ccc(N4CCNCC4)cc3OC)ncc2N=C(C=O)C2CCCCC2)c1. The van der Waals surface area contributed by atoms with Crippen molar-refractivity contribution in [2.24, 2.45) is 10.9 Å². The highest BCUT2D eigenvalue weighted by molar-refractivity contribution is 6.30. The molecular weight excluding hydrogens is 516 g/mol. The van der Waals surface area contributed by atoms with E-state index >= 15 is 0 Å². The minimum absolute atomic E-state index is 0.170. The maximum absolute atomic E-state index is 12.1. The molecule has 0 unspecified atom stereocenters. The van der Waals surface area contributed by atoms with Crippen molar-refractivity contribution in [3.05, 3.63) is 48.7 Å². The second-order valence-electron chi connectivity index (χ2n) is 10.5. The molecule has 2 aromatic carbocycles. The zero-order chi connectivity index (χ0) is 28.6. The number of hydrogen-bond donors (Lipinski definition) is 3. The summed E-state index contributed by atoms with van der Waals surface area (Å²) in [6, 6.07) is 14.2. The maximum Gasteiger partial charge on any atom is 0.229 e. The molecule has 216 valence electrons. The minimum atomic E-state index is 0.170. The standard InChI is InChI=1S/C31H40N8O2/c1-32-23-10-7-11-24(18-23)38(2)30-27(35-28(21-40)22-8-5-4-6-9-22)20-34-31(37-30)36-26-13-12-25(19-29(26)41-3)39-16-14-33-15-17-39/h7,10-13,18-22,32-33H,4-6,8-9,14-17H2,1-3H3,(H,34,36,37). The molecule has 1 aliphatic heterocycles. The number of anilines is 6. The second kappa shape index (κ2) is 13.5. The second-order valence-corrected chi connectivity index (χ2v) is 10.5. The van der Waals surface area contributed by atoms with Gasteiger partial charge in [-0.3, -0.25) is 4.79 Å². The van der Waals surface area contributed by atoms with E-state index in [1.165, 1.54) is 6.42 Å². The van der Waals surface area contributed by atoms with E-state index in [1.807, 2.05) is 55.4 Å². The summed E-state index contributed by atoms with van der Waals surface area (Å²) in [5.74, 6) is 1.89. The van der Waals surface area contributed by atoms with Gasteiger partial charge in [0.15, 0.2) is 12.1 Å². The van der Waals surface area contributed by atoms with Crippen LogP contribution in [0, 0.1) is 5.92 Å². The Morgan fingerprint density at radius 1 is 1.15 bits per heavy atom. The molecule has 10 nitrogen and oxygen atoms in total. The van der Waals surface area contributed by atoms with Crippen molar-refractivity contribution >= 4 is 52.2 Å². The fourth-order valence-corrected chi connectivity index (χ4v) is 5.52. The van der Waals surface area contributed by atoms with Crippen molar-refractivity contribution in [3.63, 3.8) is 0 Å². The first-order valence-electron chi connectivity index (χ1n) is 14.4. The Kier molecular flexibility index (Phi) is 9.30. The van der Waals surface area contributed by atoms with Crippen LogP contribution in [-0.2, 0) is 4.79 Å². The molecular formula is C31H40N8O2. The molecule has 2 fully saturated rings.